The van der Waals surface area contributed by atoms with E-state index in [2.05, 4.69) is 4.72 Å². The summed E-state index contributed by atoms with van der Waals surface area (Å²) in [6.07, 6.45) is 1.51. The van der Waals surface area contributed by atoms with Crippen LogP contribution in [0.15, 0.2) is 48.5 Å². The zero-order valence-corrected chi connectivity index (χ0v) is 19.7. The minimum Gasteiger partial charge on any atom is -0.352 e. The second-order valence-corrected chi connectivity index (χ2v) is 11.3. The summed E-state index contributed by atoms with van der Waals surface area (Å²) in [5.41, 5.74) is -0.817. The number of nitrogens with one attached hydrogen (secondary N) is 1. The van der Waals surface area contributed by atoms with Gasteiger partial charge in [-0.2, -0.15) is 5.26 Å². The van der Waals surface area contributed by atoms with Gasteiger partial charge in [0.2, 0.25) is 21.6 Å². The molecular weight excluding hydrogens is 476 g/mol. The average Bonchev–Trinajstić information content (AvgIpc) is 3.55. The number of carbonyl (C=O) groups is 1. The van der Waals surface area contributed by atoms with Crippen LogP contribution in [-0.4, -0.2) is 56.1 Å². The van der Waals surface area contributed by atoms with E-state index < -0.39 is 50.9 Å². The van der Waals surface area contributed by atoms with Gasteiger partial charge in [-0.25, -0.2) is 21.9 Å². The van der Waals surface area contributed by atoms with Gasteiger partial charge in [0.05, 0.1) is 12.6 Å². The molecule has 35 heavy (non-hydrogen) atoms. The van der Waals surface area contributed by atoms with Gasteiger partial charge in [0, 0.05) is 30.0 Å². The highest BCUT2D eigenvalue weighted by molar-refractivity contribution is 7.89. The molecule has 0 bridgehead atoms. The molecule has 2 aromatic carbocycles. The first kappa shape index (κ1) is 23.9. The highest BCUT2D eigenvalue weighted by Gasteiger charge is 2.64. The number of halogens is 2. The van der Waals surface area contributed by atoms with E-state index in [1.165, 1.54) is 4.90 Å². The quantitative estimate of drug-likeness (QED) is 0.629. The Kier molecular flexibility index (Phi) is 5.90. The van der Waals surface area contributed by atoms with Gasteiger partial charge in [-0.1, -0.05) is 48.5 Å². The molecule has 10 heteroatoms. The maximum atomic E-state index is 15.7. The summed E-state index contributed by atoms with van der Waals surface area (Å²) in [6.45, 7) is 0.470. The standard InChI is InChI=1S/C25H25F2N3O4S/c26-16-35(32,33)29-22-20(13-18-7-4-8-19(21(18)27)17-5-2-1-3-6-17)30(15-24(22)9-10-24)23(31)25(14-28)11-12-34-25/h1-8,20,22,29H,9-13,15-16H2/t20-,22+,25-/m0/s1. The van der Waals surface area contributed by atoms with Gasteiger partial charge >= 0.3 is 0 Å². The van der Waals surface area contributed by atoms with E-state index in [1.54, 1.807) is 42.5 Å². The van der Waals surface area contributed by atoms with Crippen molar-refractivity contribution in [2.45, 2.75) is 43.4 Å². The Morgan fingerprint density at radius 2 is 1.89 bits per heavy atom. The monoisotopic (exact) mass is 501 g/mol. The van der Waals surface area contributed by atoms with Crippen LogP contribution in [0.2, 0.25) is 0 Å². The normalized spacial score (nSPS) is 26.8. The minimum absolute atomic E-state index is 0.000970. The van der Waals surface area contributed by atoms with Gasteiger partial charge in [-0.3, -0.25) is 4.79 Å². The zero-order chi connectivity index (χ0) is 24.8. The van der Waals surface area contributed by atoms with E-state index in [1.807, 2.05) is 12.1 Å². The Bertz CT molecular complexity index is 1290. The average molecular weight is 502 g/mol. The molecule has 3 aliphatic rings. The van der Waals surface area contributed by atoms with Crippen LogP contribution >= 0.6 is 0 Å². The molecule has 2 aromatic rings. The lowest BCUT2D eigenvalue weighted by Crippen LogP contribution is -2.59. The Morgan fingerprint density at radius 3 is 2.46 bits per heavy atom. The van der Waals surface area contributed by atoms with Gasteiger partial charge in [-0.15, -0.1) is 0 Å². The van der Waals surface area contributed by atoms with Gasteiger partial charge in [0.15, 0.2) is 0 Å². The van der Waals surface area contributed by atoms with Crippen LogP contribution in [0.1, 0.15) is 24.8 Å². The summed E-state index contributed by atoms with van der Waals surface area (Å²) in [5.74, 6) is -1.02. The molecule has 1 saturated carbocycles. The molecule has 2 heterocycles. The van der Waals surface area contributed by atoms with Crippen molar-refractivity contribution in [1.29, 1.82) is 5.26 Å². The second-order valence-electron chi connectivity index (χ2n) is 9.57. The fourth-order valence-electron chi connectivity index (χ4n) is 5.30. The molecule has 5 rings (SSSR count). The number of sulfonamides is 1. The number of likely N-dealkylation sites (tertiary alicyclic amines) is 1. The molecule has 7 nitrogen and oxygen atoms in total. The number of alkyl halides is 1. The Morgan fingerprint density at radius 1 is 1.17 bits per heavy atom. The van der Waals surface area contributed by atoms with Crippen molar-refractivity contribution in [3.63, 3.8) is 0 Å². The van der Waals surface area contributed by atoms with Crippen LogP contribution < -0.4 is 4.72 Å². The number of nitriles is 1. The van der Waals surface area contributed by atoms with Gasteiger partial charge < -0.3 is 9.64 Å². The molecule has 0 aromatic heterocycles. The smallest absolute Gasteiger partial charge is 0.270 e. The van der Waals surface area contributed by atoms with Gasteiger partial charge in [-0.05, 0) is 30.4 Å². The predicted octanol–water partition coefficient (Wildman–Crippen LogP) is 2.92. The molecule has 0 radical (unpaired) electrons. The van der Waals surface area contributed by atoms with E-state index in [9.17, 15) is 22.9 Å². The Labute approximate surface area is 202 Å². The molecule has 1 amide bonds. The summed E-state index contributed by atoms with van der Waals surface area (Å²) in [6, 6.07) is 12.7. The van der Waals surface area contributed by atoms with E-state index >= 15 is 4.39 Å². The number of ether oxygens (including phenoxy) is 1. The van der Waals surface area contributed by atoms with Crippen LogP contribution in [0.5, 0.6) is 0 Å². The fraction of sp³-hybridized carbons (Fsp3) is 0.440. The lowest BCUT2D eigenvalue weighted by atomic mass is 9.90. The van der Waals surface area contributed by atoms with Crippen molar-refractivity contribution in [1.82, 2.24) is 9.62 Å². The SMILES string of the molecule is N#C[C@]1(C(=O)N2CC3(CC3)[C@H](NS(=O)(=O)CF)[C@@H]2Cc2cccc(-c3ccccc3)c2F)CCO1. The summed E-state index contributed by atoms with van der Waals surface area (Å²) >= 11 is 0. The maximum Gasteiger partial charge on any atom is 0.270 e. The third-order valence-electron chi connectivity index (χ3n) is 7.45. The van der Waals surface area contributed by atoms with Gasteiger partial charge in [0.25, 0.3) is 5.91 Å². The van der Waals surface area contributed by atoms with Crippen molar-refractivity contribution in [2.24, 2.45) is 5.41 Å². The van der Waals surface area contributed by atoms with Crippen molar-refractivity contribution < 1.29 is 26.7 Å². The van der Waals surface area contributed by atoms with Crippen molar-refractivity contribution in [2.75, 3.05) is 19.2 Å². The van der Waals surface area contributed by atoms with Crippen molar-refractivity contribution in [3.8, 4) is 17.2 Å². The lowest BCUT2D eigenvalue weighted by Gasteiger charge is -2.39. The molecule has 2 saturated heterocycles. The van der Waals surface area contributed by atoms with Gasteiger partial charge in [0.1, 0.15) is 11.9 Å². The summed E-state index contributed by atoms with van der Waals surface area (Å²) < 4.78 is 61.2. The van der Waals surface area contributed by atoms with Crippen LogP contribution in [0.4, 0.5) is 8.78 Å². The Hall–Kier alpha value is -2.87. The molecule has 1 N–H and O–H groups in total. The van der Waals surface area contributed by atoms with E-state index in [-0.39, 0.29) is 26.0 Å². The molecule has 1 aliphatic carbocycles. The zero-order valence-electron chi connectivity index (χ0n) is 18.9. The fourth-order valence-corrected chi connectivity index (χ4v) is 6.15. The first-order valence-electron chi connectivity index (χ1n) is 11.5. The highest BCUT2D eigenvalue weighted by Crippen LogP contribution is 2.56. The molecule has 3 fully saturated rings. The molecule has 0 unspecified atom stereocenters. The summed E-state index contributed by atoms with van der Waals surface area (Å²) in [5, 5.41) is 9.64. The summed E-state index contributed by atoms with van der Waals surface area (Å²) in [4.78, 5) is 14.9. The predicted molar refractivity (Wildman–Crippen MR) is 123 cm³/mol. The van der Waals surface area contributed by atoms with Crippen LogP contribution in [0.3, 0.4) is 0 Å². The van der Waals surface area contributed by atoms with Crippen LogP contribution in [0, 0.1) is 22.6 Å². The highest BCUT2D eigenvalue weighted by atomic mass is 32.2. The van der Waals surface area contributed by atoms with Crippen molar-refractivity contribution >= 4 is 15.9 Å². The molecule has 184 valence electrons. The lowest BCUT2D eigenvalue weighted by molar-refractivity contribution is -0.172. The van der Waals surface area contributed by atoms with E-state index in [0.717, 1.165) is 0 Å². The van der Waals surface area contributed by atoms with Crippen molar-refractivity contribution in [3.05, 3.63) is 59.9 Å². The third kappa shape index (κ3) is 4.11. The van der Waals surface area contributed by atoms with E-state index in [4.69, 9.17) is 4.74 Å². The number of nitrogens with zero attached hydrogens (tertiary/aromatic N) is 2. The first-order valence-corrected chi connectivity index (χ1v) is 13.1. The molecule has 3 atom stereocenters. The minimum atomic E-state index is -4.25. The number of rotatable bonds is 7. The number of amides is 1. The molecule has 1 spiro atoms. The third-order valence-corrected chi connectivity index (χ3v) is 8.35. The molecule has 2 aliphatic heterocycles. The number of hydrogen-bond acceptors (Lipinski definition) is 5. The van der Waals surface area contributed by atoms with Crippen LogP contribution in [-0.2, 0) is 26.0 Å². The maximum absolute atomic E-state index is 15.7. The number of carbonyl (C=O) groups excluding carboxylic acids is 1. The second kappa shape index (κ2) is 8.66. The number of hydrogen-bond donors (Lipinski definition) is 1. The van der Waals surface area contributed by atoms with Crippen LogP contribution in [0.25, 0.3) is 11.1 Å². The topological polar surface area (TPSA) is 99.5 Å². The number of benzene rings is 2. The first-order chi connectivity index (χ1) is 16.7. The molecular formula is C25H25F2N3O4S. The van der Waals surface area contributed by atoms with E-state index in [0.29, 0.717) is 29.5 Å². The largest absolute Gasteiger partial charge is 0.352 e. The Balaban J connectivity index is 1.54. The summed E-state index contributed by atoms with van der Waals surface area (Å²) in [7, 11) is -4.25.